The fraction of sp³-hybridized carbons (Fsp3) is 0.467. The van der Waals surface area contributed by atoms with E-state index in [1.807, 2.05) is 19.1 Å². The predicted molar refractivity (Wildman–Crippen MR) is 78.4 cm³/mol. The maximum atomic E-state index is 11.8. The smallest absolute Gasteiger partial charge is 0.227 e. The fourth-order valence-electron chi connectivity index (χ4n) is 2.04. The lowest BCUT2D eigenvalue weighted by Crippen LogP contribution is -2.32. The Morgan fingerprint density at radius 3 is 3.05 bits per heavy atom. The molecule has 0 aliphatic rings. The van der Waals surface area contributed by atoms with Gasteiger partial charge in [-0.15, -0.1) is 0 Å². The maximum Gasteiger partial charge on any atom is 0.227 e. The molecular weight excluding hydrogens is 268 g/mol. The van der Waals surface area contributed by atoms with Gasteiger partial charge in [-0.2, -0.15) is 4.98 Å². The molecule has 2 aromatic heterocycles. The Morgan fingerprint density at radius 2 is 2.33 bits per heavy atom. The monoisotopic (exact) mass is 288 g/mol. The molecule has 112 valence electrons. The summed E-state index contributed by atoms with van der Waals surface area (Å²) in [6.07, 6.45) is 6.19. The molecule has 0 spiro atoms. The highest BCUT2D eigenvalue weighted by Gasteiger charge is 2.11. The second-order valence-electron chi connectivity index (χ2n) is 5.01. The standard InChI is InChI=1S/C15H20N4O2/c1-3-5-11(2)17-13(20)7-8-14-18-15(19-21-14)12-6-4-9-16-10-12/h4,6,9-11H,3,5,7-8H2,1-2H3,(H,17,20). The van der Waals surface area contributed by atoms with E-state index in [1.165, 1.54) is 0 Å². The van der Waals surface area contributed by atoms with Gasteiger partial charge in [-0.25, -0.2) is 0 Å². The molecule has 2 aromatic rings. The molecule has 1 unspecified atom stereocenters. The van der Waals surface area contributed by atoms with Crippen LogP contribution in [0.4, 0.5) is 0 Å². The lowest BCUT2D eigenvalue weighted by molar-refractivity contribution is -0.121. The van der Waals surface area contributed by atoms with Crippen LogP contribution in [0, 0.1) is 0 Å². The first-order chi connectivity index (χ1) is 10.2. The van der Waals surface area contributed by atoms with Crippen LogP contribution in [-0.4, -0.2) is 27.1 Å². The van der Waals surface area contributed by atoms with E-state index in [1.54, 1.807) is 12.4 Å². The minimum absolute atomic E-state index is 0.0112. The van der Waals surface area contributed by atoms with Gasteiger partial charge in [-0.05, 0) is 25.5 Å². The molecule has 6 nitrogen and oxygen atoms in total. The van der Waals surface area contributed by atoms with Crippen LogP contribution in [0.25, 0.3) is 11.4 Å². The molecule has 6 heteroatoms. The summed E-state index contributed by atoms with van der Waals surface area (Å²) in [5, 5.41) is 6.85. The third-order valence-electron chi connectivity index (χ3n) is 3.08. The highest BCUT2D eigenvalue weighted by molar-refractivity contribution is 5.76. The number of nitrogens with one attached hydrogen (secondary N) is 1. The van der Waals surface area contributed by atoms with Crippen LogP contribution in [0.3, 0.4) is 0 Å². The second kappa shape index (κ2) is 7.52. The van der Waals surface area contributed by atoms with Gasteiger partial charge in [0.1, 0.15) is 0 Å². The minimum atomic E-state index is 0.0112. The van der Waals surface area contributed by atoms with Gasteiger partial charge in [0, 0.05) is 36.8 Å². The number of aryl methyl sites for hydroxylation is 1. The lowest BCUT2D eigenvalue weighted by Gasteiger charge is -2.11. The first-order valence-corrected chi connectivity index (χ1v) is 7.21. The second-order valence-corrected chi connectivity index (χ2v) is 5.01. The van der Waals surface area contributed by atoms with Gasteiger partial charge in [0.15, 0.2) is 0 Å². The number of amides is 1. The van der Waals surface area contributed by atoms with Crippen molar-refractivity contribution in [2.75, 3.05) is 0 Å². The SMILES string of the molecule is CCCC(C)NC(=O)CCc1nc(-c2cccnc2)no1. The van der Waals surface area contributed by atoms with Gasteiger partial charge in [0.2, 0.25) is 17.6 Å². The van der Waals surface area contributed by atoms with Crippen molar-refractivity contribution in [3.63, 3.8) is 0 Å². The molecule has 2 rings (SSSR count). The van der Waals surface area contributed by atoms with E-state index in [0.29, 0.717) is 24.6 Å². The highest BCUT2D eigenvalue weighted by Crippen LogP contribution is 2.14. The van der Waals surface area contributed by atoms with E-state index in [9.17, 15) is 4.79 Å². The normalized spacial score (nSPS) is 12.1. The van der Waals surface area contributed by atoms with Crippen molar-refractivity contribution in [1.82, 2.24) is 20.4 Å². The van der Waals surface area contributed by atoms with Crippen LogP contribution in [0.1, 0.15) is 39.0 Å². The van der Waals surface area contributed by atoms with Crippen molar-refractivity contribution in [1.29, 1.82) is 0 Å². The average molecular weight is 288 g/mol. The summed E-state index contributed by atoms with van der Waals surface area (Å²) in [5.41, 5.74) is 0.800. The van der Waals surface area contributed by atoms with Gasteiger partial charge >= 0.3 is 0 Å². The third-order valence-corrected chi connectivity index (χ3v) is 3.08. The molecule has 1 amide bonds. The van der Waals surface area contributed by atoms with Crippen molar-refractivity contribution in [2.45, 2.75) is 45.6 Å². The molecule has 0 saturated heterocycles. The maximum absolute atomic E-state index is 11.8. The molecule has 1 atom stereocenters. The summed E-state index contributed by atoms with van der Waals surface area (Å²) in [6, 6.07) is 3.88. The van der Waals surface area contributed by atoms with Crippen LogP contribution in [0.2, 0.25) is 0 Å². The Kier molecular flexibility index (Phi) is 5.43. The largest absolute Gasteiger partial charge is 0.354 e. The molecule has 0 aliphatic carbocycles. The van der Waals surface area contributed by atoms with E-state index in [0.717, 1.165) is 18.4 Å². The number of carbonyl (C=O) groups excluding carboxylic acids is 1. The van der Waals surface area contributed by atoms with E-state index >= 15 is 0 Å². The summed E-state index contributed by atoms with van der Waals surface area (Å²) < 4.78 is 5.15. The van der Waals surface area contributed by atoms with Gasteiger partial charge in [0.25, 0.3) is 0 Å². The van der Waals surface area contributed by atoms with Crippen LogP contribution < -0.4 is 5.32 Å². The van der Waals surface area contributed by atoms with E-state index < -0.39 is 0 Å². The molecule has 0 aliphatic heterocycles. The molecule has 21 heavy (non-hydrogen) atoms. The first-order valence-electron chi connectivity index (χ1n) is 7.21. The Morgan fingerprint density at radius 1 is 1.48 bits per heavy atom. The number of carbonyl (C=O) groups is 1. The van der Waals surface area contributed by atoms with Crippen molar-refractivity contribution in [3.05, 3.63) is 30.4 Å². The first kappa shape index (κ1) is 15.2. The average Bonchev–Trinajstić information content (AvgIpc) is 2.95. The van der Waals surface area contributed by atoms with Gasteiger partial charge in [0.05, 0.1) is 0 Å². The molecule has 1 N–H and O–H groups in total. The van der Waals surface area contributed by atoms with Crippen molar-refractivity contribution >= 4 is 5.91 Å². The zero-order valence-electron chi connectivity index (χ0n) is 12.4. The molecular formula is C15H20N4O2. The van der Waals surface area contributed by atoms with Gasteiger partial charge in [-0.3, -0.25) is 9.78 Å². The quantitative estimate of drug-likeness (QED) is 0.846. The fourth-order valence-corrected chi connectivity index (χ4v) is 2.04. The highest BCUT2D eigenvalue weighted by atomic mass is 16.5. The third kappa shape index (κ3) is 4.66. The molecule has 0 saturated carbocycles. The van der Waals surface area contributed by atoms with E-state index in [2.05, 4.69) is 27.4 Å². The number of pyridine rings is 1. The summed E-state index contributed by atoms with van der Waals surface area (Å²) >= 11 is 0. The topological polar surface area (TPSA) is 80.9 Å². The summed E-state index contributed by atoms with van der Waals surface area (Å²) in [6.45, 7) is 4.11. The van der Waals surface area contributed by atoms with Crippen LogP contribution >= 0.6 is 0 Å². The Bertz CT molecular complexity index is 568. The summed E-state index contributed by atoms with van der Waals surface area (Å²) in [4.78, 5) is 20.0. The Balaban J connectivity index is 1.84. The van der Waals surface area contributed by atoms with E-state index in [-0.39, 0.29) is 11.9 Å². The molecule has 0 radical (unpaired) electrons. The number of hydrogen-bond acceptors (Lipinski definition) is 5. The predicted octanol–water partition coefficient (Wildman–Crippen LogP) is 2.37. The number of hydrogen-bond donors (Lipinski definition) is 1. The van der Waals surface area contributed by atoms with Crippen molar-refractivity contribution in [3.8, 4) is 11.4 Å². The lowest BCUT2D eigenvalue weighted by atomic mass is 10.2. The van der Waals surface area contributed by atoms with Gasteiger partial charge in [-0.1, -0.05) is 18.5 Å². The molecule has 0 fully saturated rings. The Labute approximate surface area is 124 Å². The van der Waals surface area contributed by atoms with Crippen LogP contribution in [0.5, 0.6) is 0 Å². The van der Waals surface area contributed by atoms with Gasteiger partial charge < -0.3 is 9.84 Å². The van der Waals surface area contributed by atoms with Crippen molar-refractivity contribution < 1.29 is 9.32 Å². The van der Waals surface area contributed by atoms with Crippen LogP contribution in [-0.2, 0) is 11.2 Å². The zero-order chi connectivity index (χ0) is 15.1. The summed E-state index contributed by atoms with van der Waals surface area (Å²) in [7, 11) is 0. The number of aromatic nitrogens is 3. The Hall–Kier alpha value is -2.24. The van der Waals surface area contributed by atoms with Crippen LogP contribution in [0.15, 0.2) is 29.0 Å². The van der Waals surface area contributed by atoms with E-state index in [4.69, 9.17) is 4.52 Å². The summed E-state index contributed by atoms with van der Waals surface area (Å²) in [5.74, 6) is 0.974. The molecule has 0 aromatic carbocycles. The number of nitrogens with zero attached hydrogens (tertiary/aromatic N) is 3. The molecule has 2 heterocycles. The van der Waals surface area contributed by atoms with Crippen molar-refractivity contribution in [2.24, 2.45) is 0 Å². The number of rotatable bonds is 7. The zero-order valence-corrected chi connectivity index (χ0v) is 12.4. The minimum Gasteiger partial charge on any atom is -0.354 e. The molecule has 0 bridgehead atoms.